The van der Waals surface area contributed by atoms with Crippen LogP contribution >= 0.6 is 0 Å². The smallest absolute Gasteiger partial charge is 0.233 e. The first-order valence-corrected chi connectivity index (χ1v) is 6.94. The minimum absolute atomic E-state index is 0.0531. The number of hydrogen-bond acceptors (Lipinski definition) is 4. The van der Waals surface area contributed by atoms with Gasteiger partial charge < -0.3 is 20.1 Å². The Labute approximate surface area is 119 Å². The number of nitrogens with one attached hydrogen (secondary N) is 2. The highest BCUT2D eigenvalue weighted by atomic mass is 16.5. The molecule has 0 unspecified atom stereocenters. The van der Waals surface area contributed by atoms with E-state index >= 15 is 0 Å². The standard InChI is InChI=1S/C15H22N2O3/c1-19-13-6-3-11(9-14(13)20-2)7-8-16-15(18)10-17-12-4-5-12/h3,6,9,12,17H,4-5,7-8,10H2,1-2H3,(H,16,18). The highest BCUT2D eigenvalue weighted by molar-refractivity contribution is 5.78. The van der Waals surface area contributed by atoms with Crippen LogP contribution in [-0.4, -0.2) is 39.3 Å². The molecule has 0 aliphatic heterocycles. The number of benzene rings is 1. The Morgan fingerprint density at radius 1 is 1.25 bits per heavy atom. The Morgan fingerprint density at radius 2 is 2.00 bits per heavy atom. The topological polar surface area (TPSA) is 59.6 Å². The minimum Gasteiger partial charge on any atom is -0.493 e. The molecule has 1 saturated carbocycles. The molecular formula is C15H22N2O3. The van der Waals surface area contributed by atoms with Crippen molar-refractivity contribution in [3.05, 3.63) is 23.8 Å². The lowest BCUT2D eigenvalue weighted by Gasteiger charge is -2.10. The molecule has 1 aromatic rings. The van der Waals surface area contributed by atoms with Crippen LogP contribution < -0.4 is 20.1 Å². The Balaban J connectivity index is 1.73. The summed E-state index contributed by atoms with van der Waals surface area (Å²) in [5, 5.41) is 6.10. The maximum Gasteiger partial charge on any atom is 0.233 e. The lowest BCUT2D eigenvalue weighted by atomic mass is 10.1. The van der Waals surface area contributed by atoms with E-state index in [1.807, 2.05) is 18.2 Å². The van der Waals surface area contributed by atoms with E-state index in [1.165, 1.54) is 12.8 Å². The molecule has 20 heavy (non-hydrogen) atoms. The predicted octanol–water partition coefficient (Wildman–Crippen LogP) is 1.11. The molecule has 110 valence electrons. The van der Waals surface area contributed by atoms with Crippen LogP contribution in [0.25, 0.3) is 0 Å². The largest absolute Gasteiger partial charge is 0.493 e. The van der Waals surface area contributed by atoms with Gasteiger partial charge in [-0.25, -0.2) is 0 Å². The molecule has 0 spiro atoms. The SMILES string of the molecule is COc1ccc(CCNC(=O)CNC2CC2)cc1OC. The number of carbonyl (C=O) groups is 1. The molecule has 0 heterocycles. The van der Waals surface area contributed by atoms with Crippen molar-refractivity contribution in [2.45, 2.75) is 25.3 Å². The van der Waals surface area contributed by atoms with Crippen molar-refractivity contribution in [2.24, 2.45) is 0 Å². The maximum absolute atomic E-state index is 11.6. The van der Waals surface area contributed by atoms with Crippen molar-refractivity contribution in [3.63, 3.8) is 0 Å². The van der Waals surface area contributed by atoms with Crippen LogP contribution in [0, 0.1) is 0 Å². The van der Waals surface area contributed by atoms with Gasteiger partial charge in [0, 0.05) is 12.6 Å². The van der Waals surface area contributed by atoms with Crippen LogP contribution in [0.1, 0.15) is 18.4 Å². The van der Waals surface area contributed by atoms with Gasteiger partial charge in [0.15, 0.2) is 11.5 Å². The summed E-state index contributed by atoms with van der Waals surface area (Å²) in [4.78, 5) is 11.6. The second kappa shape index (κ2) is 7.14. The Kier molecular flexibility index (Phi) is 5.24. The molecule has 0 saturated heterocycles. The number of carbonyl (C=O) groups excluding carboxylic acids is 1. The highest BCUT2D eigenvalue weighted by Crippen LogP contribution is 2.27. The molecule has 1 aromatic carbocycles. The number of ether oxygens (including phenoxy) is 2. The number of hydrogen-bond donors (Lipinski definition) is 2. The molecule has 2 rings (SSSR count). The molecule has 5 heteroatoms. The van der Waals surface area contributed by atoms with E-state index in [1.54, 1.807) is 14.2 Å². The van der Waals surface area contributed by atoms with E-state index < -0.39 is 0 Å². The van der Waals surface area contributed by atoms with E-state index in [0.29, 0.717) is 30.6 Å². The molecule has 1 amide bonds. The third-order valence-electron chi connectivity index (χ3n) is 3.31. The van der Waals surface area contributed by atoms with Crippen molar-refractivity contribution in [3.8, 4) is 11.5 Å². The van der Waals surface area contributed by atoms with Crippen molar-refractivity contribution in [1.29, 1.82) is 0 Å². The molecule has 1 fully saturated rings. The minimum atomic E-state index is 0.0531. The molecule has 5 nitrogen and oxygen atoms in total. The van der Waals surface area contributed by atoms with Crippen molar-refractivity contribution < 1.29 is 14.3 Å². The van der Waals surface area contributed by atoms with Crippen LogP contribution in [-0.2, 0) is 11.2 Å². The molecule has 0 atom stereocenters. The van der Waals surface area contributed by atoms with E-state index in [0.717, 1.165) is 12.0 Å². The summed E-state index contributed by atoms with van der Waals surface area (Å²) in [6.07, 6.45) is 3.16. The summed E-state index contributed by atoms with van der Waals surface area (Å²) < 4.78 is 10.4. The average molecular weight is 278 g/mol. The van der Waals surface area contributed by atoms with Gasteiger partial charge in [0.1, 0.15) is 0 Å². The third kappa shape index (κ3) is 4.42. The second-order valence-corrected chi connectivity index (χ2v) is 4.94. The van der Waals surface area contributed by atoms with Crippen LogP contribution in [0.2, 0.25) is 0 Å². The fraction of sp³-hybridized carbons (Fsp3) is 0.533. The molecular weight excluding hydrogens is 256 g/mol. The number of amides is 1. The summed E-state index contributed by atoms with van der Waals surface area (Å²) in [5.41, 5.74) is 1.11. The van der Waals surface area contributed by atoms with Gasteiger partial charge >= 0.3 is 0 Å². The van der Waals surface area contributed by atoms with Gasteiger partial charge in [0.25, 0.3) is 0 Å². The first kappa shape index (κ1) is 14.7. The van der Waals surface area contributed by atoms with Crippen LogP contribution in [0.5, 0.6) is 11.5 Å². The zero-order valence-electron chi connectivity index (χ0n) is 12.1. The predicted molar refractivity (Wildman–Crippen MR) is 77.3 cm³/mol. The summed E-state index contributed by atoms with van der Waals surface area (Å²) in [6, 6.07) is 6.36. The summed E-state index contributed by atoms with van der Waals surface area (Å²) in [6.45, 7) is 1.04. The number of rotatable bonds is 8. The Bertz CT molecular complexity index is 458. The van der Waals surface area contributed by atoms with Gasteiger partial charge in [-0.2, -0.15) is 0 Å². The van der Waals surface area contributed by atoms with E-state index in [4.69, 9.17) is 9.47 Å². The zero-order valence-corrected chi connectivity index (χ0v) is 12.1. The van der Waals surface area contributed by atoms with Crippen LogP contribution in [0.4, 0.5) is 0 Å². The maximum atomic E-state index is 11.6. The monoisotopic (exact) mass is 278 g/mol. The Morgan fingerprint density at radius 3 is 2.65 bits per heavy atom. The summed E-state index contributed by atoms with van der Waals surface area (Å²) in [7, 11) is 3.23. The van der Waals surface area contributed by atoms with Crippen LogP contribution in [0.15, 0.2) is 18.2 Å². The van der Waals surface area contributed by atoms with Gasteiger partial charge in [0.2, 0.25) is 5.91 Å². The van der Waals surface area contributed by atoms with Gasteiger partial charge in [-0.3, -0.25) is 4.79 Å². The quantitative estimate of drug-likeness (QED) is 0.748. The van der Waals surface area contributed by atoms with Crippen LogP contribution in [0.3, 0.4) is 0 Å². The first-order chi connectivity index (χ1) is 9.72. The Hall–Kier alpha value is -1.75. The molecule has 1 aliphatic rings. The molecule has 0 radical (unpaired) electrons. The fourth-order valence-electron chi connectivity index (χ4n) is 1.97. The van der Waals surface area contributed by atoms with Gasteiger partial charge in [-0.15, -0.1) is 0 Å². The molecule has 1 aliphatic carbocycles. The molecule has 0 aromatic heterocycles. The lowest BCUT2D eigenvalue weighted by molar-refractivity contribution is -0.120. The second-order valence-electron chi connectivity index (χ2n) is 4.94. The normalized spacial score (nSPS) is 13.9. The first-order valence-electron chi connectivity index (χ1n) is 6.94. The van der Waals surface area contributed by atoms with Gasteiger partial charge in [-0.05, 0) is 37.0 Å². The summed E-state index contributed by atoms with van der Waals surface area (Å²) >= 11 is 0. The molecule has 2 N–H and O–H groups in total. The highest BCUT2D eigenvalue weighted by Gasteiger charge is 2.20. The van der Waals surface area contributed by atoms with E-state index in [-0.39, 0.29) is 5.91 Å². The number of methoxy groups -OCH3 is 2. The molecule has 0 bridgehead atoms. The van der Waals surface area contributed by atoms with E-state index in [2.05, 4.69) is 10.6 Å². The van der Waals surface area contributed by atoms with Crippen molar-refractivity contribution in [1.82, 2.24) is 10.6 Å². The van der Waals surface area contributed by atoms with Gasteiger partial charge in [-0.1, -0.05) is 6.07 Å². The lowest BCUT2D eigenvalue weighted by Crippen LogP contribution is -2.35. The average Bonchev–Trinajstić information content (AvgIpc) is 3.29. The van der Waals surface area contributed by atoms with Gasteiger partial charge in [0.05, 0.1) is 20.8 Å². The van der Waals surface area contributed by atoms with E-state index in [9.17, 15) is 4.79 Å². The fourth-order valence-corrected chi connectivity index (χ4v) is 1.97. The van der Waals surface area contributed by atoms with Crippen molar-refractivity contribution >= 4 is 5.91 Å². The zero-order chi connectivity index (χ0) is 14.4. The summed E-state index contributed by atoms with van der Waals surface area (Å²) in [5.74, 6) is 1.48. The third-order valence-corrected chi connectivity index (χ3v) is 3.31. The van der Waals surface area contributed by atoms with Crippen molar-refractivity contribution in [2.75, 3.05) is 27.3 Å².